The van der Waals surface area contributed by atoms with Crippen LogP contribution in [0.2, 0.25) is 0 Å². The Balaban J connectivity index is 1.57. The van der Waals surface area contributed by atoms with Gasteiger partial charge in [-0.3, -0.25) is 0 Å². The summed E-state index contributed by atoms with van der Waals surface area (Å²) in [5.74, 6) is 0.158. The highest BCUT2D eigenvalue weighted by molar-refractivity contribution is 5.90. The molecule has 0 unspecified atom stereocenters. The van der Waals surface area contributed by atoms with Crippen LogP contribution in [0.5, 0.6) is 0 Å². The SMILES string of the molecule is Fc1ccc2c(Nc3ccc(-c4ccc(C(F)(F)F)cc4)cc3)ncnc2c1. The third kappa shape index (κ3) is 3.64. The molecule has 0 amide bonds. The van der Waals surface area contributed by atoms with Crippen molar-refractivity contribution in [2.24, 2.45) is 0 Å². The Hall–Kier alpha value is -3.48. The van der Waals surface area contributed by atoms with E-state index in [1.165, 1.54) is 30.6 Å². The van der Waals surface area contributed by atoms with Gasteiger partial charge in [-0.1, -0.05) is 24.3 Å². The maximum atomic E-state index is 13.3. The van der Waals surface area contributed by atoms with Crippen molar-refractivity contribution in [3.05, 3.63) is 84.4 Å². The Kier molecular flexibility index (Phi) is 4.43. The lowest BCUT2D eigenvalue weighted by atomic mass is 10.0. The van der Waals surface area contributed by atoms with Crippen molar-refractivity contribution in [2.45, 2.75) is 6.18 Å². The molecule has 0 saturated carbocycles. The molecule has 140 valence electrons. The normalized spacial score (nSPS) is 11.6. The quantitative estimate of drug-likeness (QED) is 0.428. The number of nitrogens with zero attached hydrogens (tertiary/aromatic N) is 2. The van der Waals surface area contributed by atoms with Crippen LogP contribution in [-0.4, -0.2) is 9.97 Å². The van der Waals surface area contributed by atoms with Gasteiger partial charge >= 0.3 is 6.18 Å². The smallest absolute Gasteiger partial charge is 0.340 e. The first kappa shape index (κ1) is 17.9. The molecule has 1 aromatic heterocycles. The highest BCUT2D eigenvalue weighted by atomic mass is 19.4. The van der Waals surface area contributed by atoms with Crippen molar-refractivity contribution in [3.8, 4) is 11.1 Å². The number of rotatable bonds is 3. The van der Waals surface area contributed by atoms with Crippen LogP contribution < -0.4 is 5.32 Å². The number of hydrogen-bond acceptors (Lipinski definition) is 3. The number of fused-ring (bicyclic) bond motifs is 1. The summed E-state index contributed by atoms with van der Waals surface area (Å²) >= 11 is 0. The van der Waals surface area contributed by atoms with Crippen molar-refractivity contribution < 1.29 is 17.6 Å². The summed E-state index contributed by atoms with van der Waals surface area (Å²) in [5.41, 5.74) is 2.01. The molecule has 4 rings (SSSR count). The van der Waals surface area contributed by atoms with E-state index in [1.807, 2.05) is 0 Å². The number of hydrogen-bond donors (Lipinski definition) is 1. The first-order valence-electron chi connectivity index (χ1n) is 8.35. The summed E-state index contributed by atoms with van der Waals surface area (Å²) in [6.07, 6.45) is -3.00. The minimum atomic E-state index is -4.35. The van der Waals surface area contributed by atoms with Gasteiger partial charge in [0, 0.05) is 17.1 Å². The molecule has 0 aliphatic carbocycles. The zero-order valence-corrected chi connectivity index (χ0v) is 14.3. The molecule has 0 radical (unpaired) electrons. The molecule has 0 aliphatic rings. The standard InChI is InChI=1S/C21H13F4N3/c22-16-7-10-18-19(11-16)26-12-27-20(18)28-17-8-3-14(4-9-17)13-1-5-15(6-2-13)21(23,24)25/h1-12H,(H,26,27,28). The minimum Gasteiger partial charge on any atom is -0.340 e. The van der Waals surface area contributed by atoms with Crippen LogP contribution in [0.1, 0.15) is 5.56 Å². The summed E-state index contributed by atoms with van der Waals surface area (Å²) in [7, 11) is 0. The van der Waals surface area contributed by atoms with Gasteiger partial charge in [-0.2, -0.15) is 13.2 Å². The predicted molar refractivity (Wildman–Crippen MR) is 99.7 cm³/mol. The lowest BCUT2D eigenvalue weighted by molar-refractivity contribution is -0.137. The summed E-state index contributed by atoms with van der Waals surface area (Å²) in [5, 5.41) is 3.83. The van der Waals surface area contributed by atoms with E-state index in [-0.39, 0.29) is 5.82 Å². The molecule has 0 saturated heterocycles. The summed E-state index contributed by atoms with van der Waals surface area (Å²) < 4.78 is 51.4. The largest absolute Gasteiger partial charge is 0.416 e. The maximum Gasteiger partial charge on any atom is 0.416 e. The third-order valence-corrected chi connectivity index (χ3v) is 4.29. The molecule has 0 spiro atoms. The fourth-order valence-electron chi connectivity index (χ4n) is 2.86. The van der Waals surface area contributed by atoms with Gasteiger partial charge in [0.05, 0.1) is 11.1 Å². The molecule has 0 aliphatic heterocycles. The molecule has 1 N–H and O–H groups in total. The van der Waals surface area contributed by atoms with Crippen LogP contribution in [0.4, 0.5) is 29.1 Å². The van der Waals surface area contributed by atoms with Crippen LogP contribution >= 0.6 is 0 Å². The van der Waals surface area contributed by atoms with E-state index in [4.69, 9.17) is 0 Å². The molecule has 3 nitrogen and oxygen atoms in total. The van der Waals surface area contributed by atoms with Gasteiger partial charge < -0.3 is 5.32 Å². The molecular weight excluding hydrogens is 370 g/mol. The van der Waals surface area contributed by atoms with Crippen LogP contribution in [0.3, 0.4) is 0 Å². The van der Waals surface area contributed by atoms with Crippen molar-refractivity contribution in [2.75, 3.05) is 5.32 Å². The Bertz CT molecular complexity index is 1120. The maximum absolute atomic E-state index is 13.3. The van der Waals surface area contributed by atoms with Gasteiger partial charge in [0.1, 0.15) is 18.0 Å². The van der Waals surface area contributed by atoms with Crippen molar-refractivity contribution in [1.29, 1.82) is 0 Å². The molecule has 0 fully saturated rings. The van der Waals surface area contributed by atoms with Crippen LogP contribution in [0.25, 0.3) is 22.0 Å². The average Bonchev–Trinajstić information content (AvgIpc) is 2.68. The van der Waals surface area contributed by atoms with Gasteiger partial charge in [-0.25, -0.2) is 14.4 Å². The number of benzene rings is 3. The first-order valence-corrected chi connectivity index (χ1v) is 8.35. The summed E-state index contributed by atoms with van der Waals surface area (Å²) in [6.45, 7) is 0. The second-order valence-electron chi connectivity index (χ2n) is 6.16. The highest BCUT2D eigenvalue weighted by Crippen LogP contribution is 2.31. The van der Waals surface area contributed by atoms with E-state index in [1.54, 1.807) is 30.3 Å². The number of anilines is 2. The van der Waals surface area contributed by atoms with Crippen LogP contribution in [0.15, 0.2) is 73.1 Å². The van der Waals surface area contributed by atoms with Gasteiger partial charge in [0.25, 0.3) is 0 Å². The third-order valence-electron chi connectivity index (χ3n) is 4.29. The Morgan fingerprint density at radius 1 is 0.750 bits per heavy atom. The molecule has 0 bridgehead atoms. The van der Waals surface area contributed by atoms with Gasteiger partial charge in [0.15, 0.2) is 0 Å². The van der Waals surface area contributed by atoms with Crippen molar-refractivity contribution in [1.82, 2.24) is 9.97 Å². The first-order chi connectivity index (χ1) is 13.4. The van der Waals surface area contributed by atoms with E-state index in [0.29, 0.717) is 22.3 Å². The summed E-state index contributed by atoms with van der Waals surface area (Å²) in [6, 6.07) is 16.5. The Labute approximate surface area is 157 Å². The van der Waals surface area contributed by atoms with Crippen LogP contribution in [-0.2, 0) is 6.18 Å². The number of alkyl halides is 3. The molecule has 1 heterocycles. The van der Waals surface area contributed by atoms with E-state index in [2.05, 4.69) is 15.3 Å². The van der Waals surface area contributed by atoms with Gasteiger partial charge in [-0.05, 0) is 47.5 Å². The zero-order valence-electron chi connectivity index (χ0n) is 14.3. The van der Waals surface area contributed by atoms with Gasteiger partial charge in [0.2, 0.25) is 0 Å². The fraction of sp³-hybridized carbons (Fsp3) is 0.0476. The van der Waals surface area contributed by atoms with Crippen molar-refractivity contribution >= 4 is 22.4 Å². The van der Waals surface area contributed by atoms with Crippen LogP contribution in [0, 0.1) is 5.82 Å². The Morgan fingerprint density at radius 2 is 1.39 bits per heavy atom. The summed E-state index contributed by atoms with van der Waals surface area (Å²) in [4.78, 5) is 8.25. The Morgan fingerprint density at radius 3 is 2.04 bits per heavy atom. The van der Waals surface area contributed by atoms with Gasteiger partial charge in [-0.15, -0.1) is 0 Å². The molecule has 0 atom stereocenters. The average molecular weight is 383 g/mol. The fourth-order valence-corrected chi connectivity index (χ4v) is 2.86. The topological polar surface area (TPSA) is 37.8 Å². The lowest BCUT2D eigenvalue weighted by Crippen LogP contribution is -2.03. The second kappa shape index (κ2) is 6.92. The molecule has 28 heavy (non-hydrogen) atoms. The predicted octanol–water partition coefficient (Wildman–Crippen LogP) is 6.20. The van der Waals surface area contributed by atoms with Crippen molar-refractivity contribution in [3.63, 3.8) is 0 Å². The van der Waals surface area contributed by atoms with E-state index in [9.17, 15) is 17.6 Å². The van der Waals surface area contributed by atoms with E-state index in [0.717, 1.165) is 23.4 Å². The number of nitrogens with one attached hydrogen (secondary N) is 1. The minimum absolute atomic E-state index is 0.377. The molecule has 4 aromatic rings. The lowest BCUT2D eigenvalue weighted by Gasteiger charge is -2.10. The molecule has 3 aromatic carbocycles. The zero-order chi connectivity index (χ0) is 19.7. The van der Waals surface area contributed by atoms with E-state index < -0.39 is 11.7 Å². The second-order valence-corrected chi connectivity index (χ2v) is 6.16. The molecular formula is C21H13F4N3. The molecule has 7 heteroatoms. The monoisotopic (exact) mass is 383 g/mol. The number of aromatic nitrogens is 2. The highest BCUT2D eigenvalue weighted by Gasteiger charge is 2.29. The number of halogens is 4. The van der Waals surface area contributed by atoms with E-state index >= 15 is 0 Å².